The second kappa shape index (κ2) is 8.33. The van der Waals surface area contributed by atoms with Crippen LogP contribution in [0.1, 0.15) is 55.7 Å². The highest BCUT2D eigenvalue weighted by Crippen LogP contribution is 2.38. The molecule has 2 aromatic rings. The summed E-state index contributed by atoms with van der Waals surface area (Å²) in [5.74, 6) is 1.45. The highest BCUT2D eigenvalue weighted by Gasteiger charge is 2.35. The van der Waals surface area contributed by atoms with E-state index in [0.717, 1.165) is 29.8 Å². The van der Waals surface area contributed by atoms with E-state index >= 15 is 0 Å². The van der Waals surface area contributed by atoms with Gasteiger partial charge in [0.2, 0.25) is 0 Å². The fourth-order valence-corrected chi connectivity index (χ4v) is 3.35. The molecule has 27 heavy (non-hydrogen) atoms. The molecule has 1 aliphatic rings. The van der Waals surface area contributed by atoms with Crippen molar-refractivity contribution in [1.29, 1.82) is 0 Å². The molecule has 1 aliphatic heterocycles. The van der Waals surface area contributed by atoms with Crippen molar-refractivity contribution in [1.82, 2.24) is 4.90 Å². The Morgan fingerprint density at radius 1 is 1.15 bits per heavy atom. The van der Waals surface area contributed by atoms with E-state index in [1.165, 1.54) is 0 Å². The van der Waals surface area contributed by atoms with Crippen LogP contribution < -0.4 is 14.8 Å². The van der Waals surface area contributed by atoms with Crippen LogP contribution in [0.5, 0.6) is 11.5 Å². The Hall–Kier alpha value is -2.69. The first-order valence-corrected chi connectivity index (χ1v) is 9.59. The standard InChI is InChI=1S/C22H28N2O3/c1-5-13-27-19-12-11-16(14-20(19)26-4)21-23-18-10-8-7-9-17(18)22(25)24(21)15(3)6-2/h7-12,14-15,21,23H,5-6,13H2,1-4H3. The third kappa shape index (κ3) is 3.72. The Labute approximate surface area is 161 Å². The number of methoxy groups -OCH3 is 1. The van der Waals surface area contributed by atoms with Gasteiger partial charge in [-0.3, -0.25) is 4.79 Å². The van der Waals surface area contributed by atoms with E-state index < -0.39 is 0 Å². The summed E-state index contributed by atoms with van der Waals surface area (Å²) in [7, 11) is 1.64. The fraction of sp³-hybridized carbons (Fsp3) is 0.409. The monoisotopic (exact) mass is 368 g/mol. The van der Waals surface area contributed by atoms with Crippen LogP contribution >= 0.6 is 0 Å². The van der Waals surface area contributed by atoms with Crippen LogP contribution in [0.4, 0.5) is 5.69 Å². The molecule has 0 saturated carbocycles. The number of fused-ring (bicyclic) bond motifs is 1. The summed E-state index contributed by atoms with van der Waals surface area (Å²) in [6.45, 7) is 6.89. The molecule has 144 valence electrons. The molecular formula is C22H28N2O3. The Balaban J connectivity index is 2.01. The average molecular weight is 368 g/mol. The van der Waals surface area contributed by atoms with Crippen LogP contribution in [-0.4, -0.2) is 30.6 Å². The minimum Gasteiger partial charge on any atom is -0.493 e. The second-order valence-corrected chi connectivity index (χ2v) is 6.82. The lowest BCUT2D eigenvalue weighted by atomic mass is 10.0. The van der Waals surface area contributed by atoms with Gasteiger partial charge in [-0.1, -0.05) is 32.0 Å². The van der Waals surface area contributed by atoms with E-state index in [4.69, 9.17) is 9.47 Å². The normalized spacial score (nSPS) is 17.1. The van der Waals surface area contributed by atoms with E-state index in [1.54, 1.807) is 7.11 Å². The molecule has 1 heterocycles. The SMILES string of the molecule is CCCOc1ccc(C2Nc3ccccc3C(=O)N2C(C)CC)cc1OC. The average Bonchev–Trinajstić information content (AvgIpc) is 2.71. The Kier molecular flexibility index (Phi) is 5.89. The number of ether oxygens (including phenoxy) is 2. The largest absolute Gasteiger partial charge is 0.493 e. The maximum absolute atomic E-state index is 13.2. The molecule has 0 bridgehead atoms. The second-order valence-electron chi connectivity index (χ2n) is 6.82. The van der Waals surface area contributed by atoms with Crippen LogP contribution in [0.2, 0.25) is 0 Å². The van der Waals surface area contributed by atoms with Crippen molar-refractivity contribution >= 4 is 11.6 Å². The van der Waals surface area contributed by atoms with E-state index in [9.17, 15) is 4.79 Å². The maximum Gasteiger partial charge on any atom is 0.258 e. The third-order valence-electron chi connectivity index (χ3n) is 4.99. The van der Waals surface area contributed by atoms with Gasteiger partial charge in [0, 0.05) is 11.7 Å². The quantitative estimate of drug-likeness (QED) is 0.759. The summed E-state index contributed by atoms with van der Waals surface area (Å²) >= 11 is 0. The number of benzene rings is 2. The lowest BCUT2D eigenvalue weighted by Gasteiger charge is -2.41. The van der Waals surface area contributed by atoms with Gasteiger partial charge in [-0.15, -0.1) is 0 Å². The predicted molar refractivity (Wildman–Crippen MR) is 108 cm³/mol. The zero-order chi connectivity index (χ0) is 19.4. The third-order valence-corrected chi connectivity index (χ3v) is 4.99. The zero-order valence-electron chi connectivity index (χ0n) is 16.5. The number of amides is 1. The smallest absolute Gasteiger partial charge is 0.258 e. The molecule has 2 unspecified atom stereocenters. The molecule has 0 aromatic heterocycles. The molecule has 5 nitrogen and oxygen atoms in total. The molecule has 0 fully saturated rings. The van der Waals surface area contributed by atoms with Crippen LogP contribution in [-0.2, 0) is 0 Å². The summed E-state index contributed by atoms with van der Waals surface area (Å²) in [4.78, 5) is 15.1. The van der Waals surface area contributed by atoms with Gasteiger partial charge in [-0.2, -0.15) is 0 Å². The summed E-state index contributed by atoms with van der Waals surface area (Å²) < 4.78 is 11.3. The van der Waals surface area contributed by atoms with Gasteiger partial charge in [-0.05, 0) is 49.6 Å². The van der Waals surface area contributed by atoms with Crippen molar-refractivity contribution in [3.05, 3.63) is 53.6 Å². The number of hydrogen-bond acceptors (Lipinski definition) is 4. The number of carbonyl (C=O) groups is 1. The molecular weight excluding hydrogens is 340 g/mol. The van der Waals surface area contributed by atoms with Crippen molar-refractivity contribution in [3.63, 3.8) is 0 Å². The van der Waals surface area contributed by atoms with Crippen molar-refractivity contribution < 1.29 is 14.3 Å². The van der Waals surface area contributed by atoms with Crippen molar-refractivity contribution in [2.45, 2.75) is 45.8 Å². The minimum absolute atomic E-state index is 0.0500. The molecule has 0 radical (unpaired) electrons. The summed E-state index contributed by atoms with van der Waals surface area (Å²) in [6.07, 6.45) is 1.56. The molecule has 1 N–H and O–H groups in total. The number of para-hydroxylation sites is 1. The van der Waals surface area contributed by atoms with Gasteiger partial charge in [0.15, 0.2) is 11.5 Å². The van der Waals surface area contributed by atoms with Crippen molar-refractivity contribution in [2.75, 3.05) is 19.0 Å². The Morgan fingerprint density at radius 2 is 1.93 bits per heavy atom. The van der Waals surface area contributed by atoms with Crippen LogP contribution in [0.15, 0.2) is 42.5 Å². The zero-order valence-corrected chi connectivity index (χ0v) is 16.5. The molecule has 3 rings (SSSR count). The van der Waals surface area contributed by atoms with Gasteiger partial charge in [0.1, 0.15) is 6.17 Å². The maximum atomic E-state index is 13.2. The molecule has 1 amide bonds. The van der Waals surface area contributed by atoms with E-state index in [0.29, 0.717) is 17.9 Å². The van der Waals surface area contributed by atoms with Gasteiger partial charge in [-0.25, -0.2) is 0 Å². The minimum atomic E-state index is -0.253. The van der Waals surface area contributed by atoms with E-state index in [2.05, 4.69) is 26.1 Å². The first-order chi connectivity index (χ1) is 13.1. The van der Waals surface area contributed by atoms with Crippen molar-refractivity contribution in [2.24, 2.45) is 0 Å². The number of anilines is 1. The fourth-order valence-electron chi connectivity index (χ4n) is 3.35. The number of nitrogens with zero attached hydrogens (tertiary/aromatic N) is 1. The molecule has 2 aromatic carbocycles. The number of carbonyl (C=O) groups excluding carboxylic acids is 1. The van der Waals surface area contributed by atoms with Gasteiger partial charge in [0.05, 0.1) is 19.3 Å². The summed E-state index contributed by atoms with van der Waals surface area (Å²) in [6, 6.07) is 13.6. The predicted octanol–water partition coefficient (Wildman–Crippen LogP) is 4.85. The van der Waals surface area contributed by atoms with E-state index in [-0.39, 0.29) is 18.1 Å². The first kappa shape index (κ1) is 19.1. The number of rotatable bonds is 7. The van der Waals surface area contributed by atoms with Gasteiger partial charge >= 0.3 is 0 Å². The molecule has 2 atom stereocenters. The lowest BCUT2D eigenvalue weighted by Crippen LogP contribution is -2.47. The van der Waals surface area contributed by atoms with Crippen LogP contribution in [0.3, 0.4) is 0 Å². The Morgan fingerprint density at radius 3 is 2.63 bits per heavy atom. The van der Waals surface area contributed by atoms with Crippen LogP contribution in [0, 0.1) is 0 Å². The highest BCUT2D eigenvalue weighted by atomic mass is 16.5. The molecule has 0 saturated heterocycles. The van der Waals surface area contributed by atoms with E-state index in [1.807, 2.05) is 47.4 Å². The van der Waals surface area contributed by atoms with Gasteiger partial charge in [0.25, 0.3) is 5.91 Å². The molecule has 0 spiro atoms. The molecule has 0 aliphatic carbocycles. The van der Waals surface area contributed by atoms with Crippen LogP contribution in [0.25, 0.3) is 0 Å². The highest BCUT2D eigenvalue weighted by molar-refractivity contribution is 6.01. The van der Waals surface area contributed by atoms with Crippen molar-refractivity contribution in [3.8, 4) is 11.5 Å². The first-order valence-electron chi connectivity index (χ1n) is 9.59. The summed E-state index contributed by atoms with van der Waals surface area (Å²) in [5, 5.41) is 3.53. The van der Waals surface area contributed by atoms with Gasteiger partial charge < -0.3 is 19.7 Å². The molecule has 5 heteroatoms. The summed E-state index contributed by atoms with van der Waals surface area (Å²) in [5.41, 5.74) is 2.54. The number of nitrogens with one attached hydrogen (secondary N) is 1. The number of hydrogen-bond donors (Lipinski definition) is 1. The topological polar surface area (TPSA) is 50.8 Å². The Bertz CT molecular complexity index is 806. The lowest BCUT2D eigenvalue weighted by molar-refractivity contribution is 0.0593.